The highest BCUT2D eigenvalue weighted by Crippen LogP contribution is 2.35. The smallest absolute Gasteiger partial charge is 0.154 e. The van der Waals surface area contributed by atoms with E-state index in [4.69, 9.17) is 33.4 Å². The van der Waals surface area contributed by atoms with Gasteiger partial charge in [-0.25, -0.2) is 0 Å². The molecule has 0 aliphatic carbocycles. The van der Waals surface area contributed by atoms with Crippen molar-refractivity contribution in [2.24, 2.45) is 5.73 Å². The van der Waals surface area contributed by atoms with E-state index >= 15 is 0 Å². The zero-order valence-corrected chi connectivity index (χ0v) is 9.12. The number of nitrogens with two attached hydrogens (primary N) is 1. The average molecular weight is 230 g/mol. The van der Waals surface area contributed by atoms with Crippen molar-refractivity contribution in [2.75, 3.05) is 0 Å². The molecule has 1 aromatic heterocycles. The molecule has 0 saturated heterocycles. The summed E-state index contributed by atoms with van der Waals surface area (Å²) >= 11 is 11.9. The van der Waals surface area contributed by atoms with E-state index in [0.717, 1.165) is 16.7 Å². The molecule has 2 rings (SSSR count). The van der Waals surface area contributed by atoms with Gasteiger partial charge in [-0.15, -0.1) is 0 Å². The van der Waals surface area contributed by atoms with Crippen LogP contribution in [-0.4, -0.2) is 0 Å². The maximum Gasteiger partial charge on any atom is 0.154 e. The van der Waals surface area contributed by atoms with Gasteiger partial charge in [-0.3, -0.25) is 0 Å². The molecule has 0 radical (unpaired) electrons. The van der Waals surface area contributed by atoms with Crippen LogP contribution < -0.4 is 5.73 Å². The van der Waals surface area contributed by atoms with Crippen LogP contribution in [-0.2, 0) is 6.54 Å². The third-order valence-corrected chi connectivity index (χ3v) is 3.07. The molecule has 0 amide bonds. The molecule has 74 valence electrons. The van der Waals surface area contributed by atoms with Crippen molar-refractivity contribution in [2.45, 2.75) is 13.5 Å². The maximum atomic E-state index is 6.00. The summed E-state index contributed by atoms with van der Waals surface area (Å²) in [6.45, 7) is 2.33. The lowest BCUT2D eigenvalue weighted by molar-refractivity contribution is 0.549. The molecule has 2 aromatic rings. The highest BCUT2D eigenvalue weighted by atomic mass is 35.5. The molecule has 1 aromatic carbocycles. The van der Waals surface area contributed by atoms with E-state index in [0.29, 0.717) is 22.2 Å². The van der Waals surface area contributed by atoms with Crippen LogP contribution in [0.2, 0.25) is 10.0 Å². The molecule has 0 atom stereocenters. The van der Waals surface area contributed by atoms with E-state index in [9.17, 15) is 0 Å². The van der Waals surface area contributed by atoms with Crippen LogP contribution in [0.3, 0.4) is 0 Å². The minimum Gasteiger partial charge on any atom is -0.458 e. The Balaban J connectivity index is 2.85. The topological polar surface area (TPSA) is 39.2 Å². The summed E-state index contributed by atoms with van der Waals surface area (Å²) in [7, 11) is 0. The molecular weight excluding hydrogens is 221 g/mol. The molecule has 2 nitrogen and oxygen atoms in total. The Morgan fingerprint density at radius 3 is 2.71 bits per heavy atom. The Hall–Kier alpha value is -0.700. The number of aryl methyl sites for hydroxylation is 1. The van der Waals surface area contributed by atoms with E-state index in [1.807, 2.05) is 13.0 Å². The van der Waals surface area contributed by atoms with Crippen molar-refractivity contribution >= 4 is 34.2 Å². The third kappa shape index (κ3) is 1.31. The Labute approximate surface area is 91.6 Å². The standard InChI is InChI=1S/C10H9Cl2NO/c1-5-6-2-3-7(11)9(12)10(6)14-8(5)4-13/h2-3H,4,13H2,1H3. The number of hydrogen-bond donors (Lipinski definition) is 1. The van der Waals surface area contributed by atoms with Crippen LogP contribution in [0.15, 0.2) is 16.5 Å². The first-order chi connectivity index (χ1) is 6.65. The number of rotatable bonds is 1. The molecule has 0 bridgehead atoms. The highest BCUT2D eigenvalue weighted by molar-refractivity contribution is 6.44. The van der Waals surface area contributed by atoms with Crippen molar-refractivity contribution < 1.29 is 4.42 Å². The molecule has 0 aliphatic heterocycles. The molecular formula is C10H9Cl2NO. The zero-order chi connectivity index (χ0) is 10.3. The molecule has 0 aliphatic rings. The molecule has 2 N–H and O–H groups in total. The Morgan fingerprint density at radius 1 is 1.36 bits per heavy atom. The summed E-state index contributed by atoms with van der Waals surface area (Å²) in [6, 6.07) is 3.65. The largest absolute Gasteiger partial charge is 0.458 e. The molecule has 0 spiro atoms. The monoisotopic (exact) mass is 229 g/mol. The van der Waals surface area contributed by atoms with Crippen LogP contribution in [0.1, 0.15) is 11.3 Å². The molecule has 14 heavy (non-hydrogen) atoms. The lowest BCUT2D eigenvalue weighted by Gasteiger charge is -1.95. The quantitative estimate of drug-likeness (QED) is 0.814. The predicted molar refractivity (Wildman–Crippen MR) is 58.9 cm³/mol. The summed E-state index contributed by atoms with van der Waals surface area (Å²) in [5.41, 5.74) is 7.18. The van der Waals surface area contributed by atoms with Crippen molar-refractivity contribution in [3.05, 3.63) is 33.5 Å². The van der Waals surface area contributed by atoms with Gasteiger partial charge in [-0.1, -0.05) is 23.2 Å². The molecule has 0 fully saturated rings. The van der Waals surface area contributed by atoms with E-state index in [-0.39, 0.29) is 0 Å². The average Bonchev–Trinajstić information content (AvgIpc) is 2.50. The first kappa shape index (κ1) is 9.84. The first-order valence-corrected chi connectivity index (χ1v) is 4.96. The van der Waals surface area contributed by atoms with Gasteiger partial charge in [0.05, 0.1) is 11.6 Å². The van der Waals surface area contributed by atoms with Crippen LogP contribution in [0.5, 0.6) is 0 Å². The molecule has 0 unspecified atom stereocenters. The Morgan fingerprint density at radius 2 is 2.07 bits per heavy atom. The zero-order valence-electron chi connectivity index (χ0n) is 7.60. The molecule has 4 heteroatoms. The number of fused-ring (bicyclic) bond motifs is 1. The van der Waals surface area contributed by atoms with Gasteiger partial charge in [0, 0.05) is 5.39 Å². The molecule has 1 heterocycles. The number of benzene rings is 1. The second kappa shape index (κ2) is 3.46. The minimum absolute atomic E-state index is 0.370. The van der Waals surface area contributed by atoms with Gasteiger partial charge in [-0.05, 0) is 24.6 Å². The summed E-state index contributed by atoms with van der Waals surface area (Å²) < 4.78 is 5.52. The highest BCUT2D eigenvalue weighted by Gasteiger charge is 2.13. The lowest BCUT2D eigenvalue weighted by atomic mass is 10.1. The Kier molecular flexibility index (Phi) is 2.43. The number of hydrogen-bond acceptors (Lipinski definition) is 2. The van der Waals surface area contributed by atoms with Gasteiger partial charge in [0.2, 0.25) is 0 Å². The summed E-state index contributed by atoms with van der Waals surface area (Å²) in [4.78, 5) is 0. The van der Waals surface area contributed by atoms with Crippen LogP contribution in [0, 0.1) is 6.92 Å². The van der Waals surface area contributed by atoms with Crippen LogP contribution >= 0.6 is 23.2 Å². The lowest BCUT2D eigenvalue weighted by Crippen LogP contribution is -1.95. The van der Waals surface area contributed by atoms with Crippen molar-refractivity contribution in [3.8, 4) is 0 Å². The second-order valence-corrected chi connectivity index (χ2v) is 3.88. The van der Waals surface area contributed by atoms with Crippen LogP contribution in [0.4, 0.5) is 0 Å². The third-order valence-electron chi connectivity index (χ3n) is 2.28. The number of halogens is 2. The summed E-state index contributed by atoms with van der Waals surface area (Å²) in [6.07, 6.45) is 0. The van der Waals surface area contributed by atoms with E-state index in [2.05, 4.69) is 0 Å². The molecule has 0 saturated carbocycles. The van der Waals surface area contributed by atoms with Gasteiger partial charge in [-0.2, -0.15) is 0 Å². The van der Waals surface area contributed by atoms with Gasteiger partial charge in [0.15, 0.2) is 5.58 Å². The fourth-order valence-corrected chi connectivity index (χ4v) is 1.82. The van der Waals surface area contributed by atoms with Crippen molar-refractivity contribution in [3.63, 3.8) is 0 Å². The van der Waals surface area contributed by atoms with Gasteiger partial charge in [0.25, 0.3) is 0 Å². The van der Waals surface area contributed by atoms with Crippen molar-refractivity contribution in [1.82, 2.24) is 0 Å². The predicted octanol–water partition coefficient (Wildman–Crippen LogP) is 3.51. The van der Waals surface area contributed by atoms with Crippen molar-refractivity contribution in [1.29, 1.82) is 0 Å². The fourth-order valence-electron chi connectivity index (χ4n) is 1.47. The second-order valence-electron chi connectivity index (χ2n) is 3.09. The van der Waals surface area contributed by atoms with Crippen LogP contribution in [0.25, 0.3) is 11.0 Å². The number of furan rings is 1. The summed E-state index contributed by atoms with van der Waals surface area (Å²) in [5, 5.41) is 1.92. The SMILES string of the molecule is Cc1c(CN)oc2c(Cl)c(Cl)ccc12. The normalized spacial score (nSPS) is 11.1. The van der Waals surface area contributed by atoms with E-state index in [1.54, 1.807) is 6.07 Å². The maximum absolute atomic E-state index is 6.00. The van der Waals surface area contributed by atoms with Gasteiger partial charge in [0.1, 0.15) is 10.8 Å². The van der Waals surface area contributed by atoms with E-state index < -0.39 is 0 Å². The van der Waals surface area contributed by atoms with Gasteiger partial charge >= 0.3 is 0 Å². The summed E-state index contributed by atoms with van der Waals surface area (Å²) in [5.74, 6) is 0.754. The minimum atomic E-state index is 0.370. The first-order valence-electron chi connectivity index (χ1n) is 4.21. The van der Waals surface area contributed by atoms with E-state index in [1.165, 1.54) is 0 Å². The Bertz CT molecular complexity index is 490. The van der Waals surface area contributed by atoms with Gasteiger partial charge < -0.3 is 10.2 Å². The fraction of sp³-hybridized carbons (Fsp3) is 0.200.